The number of hydrogen-bond acceptors (Lipinski definition) is 5. The summed E-state index contributed by atoms with van der Waals surface area (Å²) in [5, 5.41) is 9.33. The Morgan fingerprint density at radius 2 is 1.61 bits per heavy atom. The molecule has 1 saturated heterocycles. The minimum Gasteiger partial charge on any atom is -0.464 e. The molecule has 6 heteroatoms. The second kappa shape index (κ2) is 9.77. The van der Waals surface area contributed by atoms with E-state index in [0.29, 0.717) is 31.6 Å². The summed E-state index contributed by atoms with van der Waals surface area (Å²) in [6.07, 6.45) is 2.11. The molecular weight excluding hydrogens is 358 g/mol. The molecule has 1 heterocycles. The number of likely N-dealkylation sites (tertiary alicyclic amines) is 1. The van der Waals surface area contributed by atoms with Gasteiger partial charge in [-0.1, -0.05) is 48.1 Å². The Morgan fingerprint density at radius 1 is 1.07 bits per heavy atom. The van der Waals surface area contributed by atoms with Gasteiger partial charge in [0.1, 0.15) is 0 Å². The lowest BCUT2D eigenvalue weighted by Gasteiger charge is -2.36. The third-order valence-electron chi connectivity index (χ3n) is 5.10. The van der Waals surface area contributed by atoms with Gasteiger partial charge in [0.25, 0.3) is 0 Å². The van der Waals surface area contributed by atoms with Crippen molar-refractivity contribution >= 4 is 12.1 Å². The number of aliphatic hydroxyl groups excluding tert-OH is 1. The van der Waals surface area contributed by atoms with Crippen LogP contribution < -0.4 is 0 Å². The van der Waals surface area contributed by atoms with E-state index < -0.39 is 17.6 Å². The van der Waals surface area contributed by atoms with Crippen LogP contribution in [-0.4, -0.2) is 54.0 Å². The fraction of sp³-hybridized carbons (Fsp3) is 0.818. The zero-order chi connectivity index (χ0) is 21.6. The monoisotopic (exact) mass is 397 g/mol. The third-order valence-corrected chi connectivity index (χ3v) is 5.10. The predicted octanol–water partition coefficient (Wildman–Crippen LogP) is 4.31. The Hall–Kier alpha value is -1.56. The minimum absolute atomic E-state index is 0.0385. The van der Waals surface area contributed by atoms with E-state index in [9.17, 15) is 14.7 Å². The number of rotatable bonds is 8. The molecule has 0 aliphatic carbocycles. The zero-order valence-corrected chi connectivity index (χ0v) is 18.6. The average Bonchev–Trinajstić information content (AvgIpc) is 2.88. The maximum absolute atomic E-state index is 13.1. The van der Waals surface area contributed by atoms with Gasteiger partial charge < -0.3 is 14.6 Å². The van der Waals surface area contributed by atoms with Crippen molar-refractivity contribution in [3.8, 4) is 0 Å². The summed E-state index contributed by atoms with van der Waals surface area (Å²) in [6, 6.07) is 0. The van der Waals surface area contributed by atoms with Crippen LogP contribution in [0.15, 0.2) is 12.2 Å². The van der Waals surface area contributed by atoms with Crippen LogP contribution in [0.4, 0.5) is 4.79 Å². The van der Waals surface area contributed by atoms with Gasteiger partial charge >= 0.3 is 12.1 Å². The Bertz CT molecular complexity index is 558. The number of aliphatic hydroxyl groups is 1. The maximum atomic E-state index is 13.1. The number of carbonyl (C=O) groups is 2. The van der Waals surface area contributed by atoms with Crippen LogP contribution in [0, 0.1) is 10.8 Å². The maximum Gasteiger partial charge on any atom is 0.410 e. The lowest BCUT2D eigenvalue weighted by Crippen LogP contribution is -2.55. The third kappa shape index (κ3) is 6.80. The van der Waals surface area contributed by atoms with Gasteiger partial charge in [-0.05, 0) is 48.5 Å². The summed E-state index contributed by atoms with van der Waals surface area (Å²) in [4.78, 5) is 27.3. The highest BCUT2D eigenvalue weighted by atomic mass is 16.6. The highest BCUT2D eigenvalue weighted by molar-refractivity contribution is 5.90. The molecule has 0 saturated carbocycles. The van der Waals surface area contributed by atoms with Crippen molar-refractivity contribution in [1.29, 1.82) is 0 Å². The highest BCUT2D eigenvalue weighted by Gasteiger charge is 2.53. The highest BCUT2D eigenvalue weighted by Crippen LogP contribution is 2.39. The van der Waals surface area contributed by atoms with E-state index in [1.807, 2.05) is 0 Å². The summed E-state index contributed by atoms with van der Waals surface area (Å²) < 4.78 is 11.1. The number of amides is 1. The van der Waals surface area contributed by atoms with Gasteiger partial charge in [-0.25, -0.2) is 9.59 Å². The molecule has 0 spiro atoms. The summed E-state index contributed by atoms with van der Waals surface area (Å²) in [7, 11) is 0. The van der Waals surface area contributed by atoms with Gasteiger partial charge in [0.2, 0.25) is 0 Å². The molecule has 1 unspecified atom stereocenters. The number of hydrogen-bond donors (Lipinski definition) is 1. The van der Waals surface area contributed by atoms with Crippen molar-refractivity contribution in [2.45, 2.75) is 79.2 Å². The first-order chi connectivity index (χ1) is 12.8. The molecular formula is C22H39NO5. The fourth-order valence-corrected chi connectivity index (χ4v) is 3.18. The quantitative estimate of drug-likeness (QED) is 0.488. The molecule has 0 radical (unpaired) electrons. The van der Waals surface area contributed by atoms with Gasteiger partial charge in [-0.2, -0.15) is 0 Å². The topological polar surface area (TPSA) is 76.1 Å². The van der Waals surface area contributed by atoms with E-state index in [-0.39, 0.29) is 30.5 Å². The molecule has 162 valence electrons. The molecule has 0 aromatic rings. The summed E-state index contributed by atoms with van der Waals surface area (Å²) in [5.41, 5.74) is -0.514. The Balaban J connectivity index is 2.94. The molecule has 1 atom stereocenters. The Morgan fingerprint density at radius 3 is 2.11 bits per heavy atom. The molecule has 1 aliphatic rings. The van der Waals surface area contributed by atoms with Crippen LogP contribution in [0.1, 0.15) is 73.6 Å². The van der Waals surface area contributed by atoms with Gasteiger partial charge in [-0.15, -0.1) is 0 Å². The normalized spacial score (nSPS) is 20.4. The smallest absolute Gasteiger partial charge is 0.410 e. The molecule has 28 heavy (non-hydrogen) atoms. The van der Waals surface area contributed by atoms with E-state index in [1.54, 1.807) is 0 Å². The van der Waals surface area contributed by atoms with Gasteiger partial charge in [0, 0.05) is 13.2 Å². The Kier molecular flexibility index (Phi) is 8.54. The van der Waals surface area contributed by atoms with Crippen molar-refractivity contribution in [2.75, 3.05) is 26.4 Å². The van der Waals surface area contributed by atoms with Crippen LogP contribution in [0.2, 0.25) is 0 Å². The van der Waals surface area contributed by atoms with Crippen LogP contribution in [0.5, 0.6) is 0 Å². The average molecular weight is 398 g/mol. The van der Waals surface area contributed by atoms with Gasteiger partial charge in [-0.3, -0.25) is 4.90 Å². The molecule has 1 aliphatic heterocycles. The standard InChI is InChI=1S/C22H39NO5/c1-17-9-13-23(19(26)28-16-12-21(5,6)7)22(17,10-8-14-24)18(25)27-15-11-20(2,3)4/h24H,1,8-16H2,2-7H3. The minimum atomic E-state index is -1.25. The number of nitrogens with zero attached hydrogens (tertiary/aromatic N) is 1. The lowest BCUT2D eigenvalue weighted by molar-refractivity contribution is -0.155. The van der Waals surface area contributed by atoms with Crippen molar-refractivity contribution in [3.05, 3.63) is 12.2 Å². The summed E-state index contributed by atoms with van der Waals surface area (Å²) in [6.45, 7) is 17.4. The van der Waals surface area contributed by atoms with Crippen molar-refractivity contribution in [2.24, 2.45) is 10.8 Å². The Labute approximate surface area is 170 Å². The number of carbonyl (C=O) groups excluding carboxylic acids is 2. The van der Waals surface area contributed by atoms with Gasteiger partial charge in [0.15, 0.2) is 5.54 Å². The number of esters is 1. The van der Waals surface area contributed by atoms with Crippen LogP contribution in [0.3, 0.4) is 0 Å². The van der Waals surface area contributed by atoms with Crippen molar-refractivity contribution < 1.29 is 24.2 Å². The summed E-state index contributed by atoms with van der Waals surface area (Å²) in [5.74, 6) is -0.472. The second-order valence-electron chi connectivity index (χ2n) is 10.1. The molecule has 1 rings (SSSR count). The molecule has 1 N–H and O–H groups in total. The number of ether oxygens (including phenoxy) is 2. The van der Waals surface area contributed by atoms with E-state index in [1.165, 1.54) is 4.90 Å². The fourth-order valence-electron chi connectivity index (χ4n) is 3.18. The van der Waals surface area contributed by atoms with E-state index in [2.05, 4.69) is 48.1 Å². The zero-order valence-electron chi connectivity index (χ0n) is 18.6. The van der Waals surface area contributed by atoms with E-state index >= 15 is 0 Å². The van der Waals surface area contributed by atoms with Crippen LogP contribution >= 0.6 is 0 Å². The second-order valence-corrected chi connectivity index (χ2v) is 10.1. The molecule has 0 aromatic carbocycles. The van der Waals surface area contributed by atoms with Crippen LogP contribution in [0.25, 0.3) is 0 Å². The van der Waals surface area contributed by atoms with Gasteiger partial charge in [0.05, 0.1) is 13.2 Å². The predicted molar refractivity (Wildman–Crippen MR) is 110 cm³/mol. The largest absolute Gasteiger partial charge is 0.464 e. The first-order valence-electron chi connectivity index (χ1n) is 10.2. The van der Waals surface area contributed by atoms with Crippen molar-refractivity contribution in [3.63, 3.8) is 0 Å². The van der Waals surface area contributed by atoms with Crippen LogP contribution in [-0.2, 0) is 14.3 Å². The first kappa shape index (κ1) is 24.5. The lowest BCUT2D eigenvalue weighted by atomic mass is 9.86. The molecule has 1 amide bonds. The SMILES string of the molecule is C=C1CCN(C(=O)OCCC(C)(C)C)C1(CCCO)C(=O)OCCC(C)(C)C. The summed E-state index contributed by atoms with van der Waals surface area (Å²) >= 11 is 0. The van der Waals surface area contributed by atoms with Crippen molar-refractivity contribution in [1.82, 2.24) is 4.90 Å². The molecule has 0 bridgehead atoms. The van der Waals surface area contributed by atoms with E-state index in [4.69, 9.17) is 9.47 Å². The molecule has 1 fully saturated rings. The van der Waals surface area contributed by atoms with E-state index in [0.717, 1.165) is 12.8 Å². The first-order valence-corrected chi connectivity index (χ1v) is 10.2. The molecule has 0 aromatic heterocycles. The molecule has 6 nitrogen and oxygen atoms in total.